The summed E-state index contributed by atoms with van der Waals surface area (Å²) in [6.07, 6.45) is 0. The summed E-state index contributed by atoms with van der Waals surface area (Å²) in [4.78, 5) is 18.3. The maximum atomic E-state index is 11.4. The first kappa shape index (κ1) is 12.2. The van der Waals surface area contributed by atoms with Crippen molar-refractivity contribution in [1.82, 2.24) is 9.97 Å². The first-order valence-electron chi connectivity index (χ1n) is 5.44. The number of methoxy groups -OCH3 is 2. The van der Waals surface area contributed by atoms with Crippen LogP contribution in [0, 0.1) is 6.92 Å². The first-order chi connectivity index (χ1) is 8.62. The van der Waals surface area contributed by atoms with Gasteiger partial charge in [-0.15, -0.1) is 0 Å². The average Bonchev–Trinajstić information content (AvgIpc) is 2.37. The van der Waals surface area contributed by atoms with E-state index in [-0.39, 0.29) is 5.56 Å². The van der Waals surface area contributed by atoms with E-state index in [0.29, 0.717) is 23.0 Å². The molecule has 0 unspecified atom stereocenters. The van der Waals surface area contributed by atoms with Gasteiger partial charge in [0.15, 0.2) is 0 Å². The van der Waals surface area contributed by atoms with Crippen molar-refractivity contribution in [3.8, 4) is 22.8 Å². The molecule has 1 aromatic carbocycles. The van der Waals surface area contributed by atoms with Gasteiger partial charge in [0.1, 0.15) is 17.3 Å². The first-order valence-corrected chi connectivity index (χ1v) is 5.44. The summed E-state index contributed by atoms with van der Waals surface area (Å²) in [6.45, 7) is 1.74. The van der Waals surface area contributed by atoms with Gasteiger partial charge in [-0.05, 0) is 19.1 Å². The molecule has 1 N–H and O–H groups in total. The van der Waals surface area contributed by atoms with Crippen LogP contribution in [0.15, 0.2) is 29.1 Å². The largest absolute Gasteiger partial charge is 0.497 e. The summed E-state index contributed by atoms with van der Waals surface area (Å²) in [5.74, 6) is 1.88. The van der Waals surface area contributed by atoms with Gasteiger partial charge in [-0.25, -0.2) is 4.98 Å². The predicted octanol–water partition coefficient (Wildman–Crippen LogP) is 1.76. The highest BCUT2D eigenvalue weighted by molar-refractivity contribution is 5.63. The molecule has 0 atom stereocenters. The van der Waals surface area contributed by atoms with E-state index in [9.17, 15) is 4.79 Å². The highest BCUT2D eigenvalue weighted by atomic mass is 16.5. The Morgan fingerprint density at radius 2 is 1.67 bits per heavy atom. The molecule has 0 spiro atoms. The summed E-state index contributed by atoms with van der Waals surface area (Å²) < 4.78 is 10.4. The van der Waals surface area contributed by atoms with Crippen LogP contribution in [0.5, 0.6) is 11.5 Å². The molecular weight excluding hydrogens is 232 g/mol. The van der Waals surface area contributed by atoms with Gasteiger partial charge in [-0.3, -0.25) is 4.79 Å². The highest BCUT2D eigenvalue weighted by Crippen LogP contribution is 2.28. The summed E-state index contributed by atoms with van der Waals surface area (Å²) in [5, 5.41) is 0. The van der Waals surface area contributed by atoms with Gasteiger partial charge in [0.05, 0.1) is 19.9 Å². The van der Waals surface area contributed by atoms with Crippen molar-refractivity contribution < 1.29 is 9.47 Å². The molecule has 0 fully saturated rings. The molecule has 0 bridgehead atoms. The van der Waals surface area contributed by atoms with E-state index < -0.39 is 0 Å². The van der Waals surface area contributed by atoms with Gasteiger partial charge in [0, 0.05) is 17.7 Å². The fourth-order valence-electron chi connectivity index (χ4n) is 1.68. The summed E-state index contributed by atoms with van der Waals surface area (Å²) >= 11 is 0. The normalized spacial score (nSPS) is 10.2. The summed E-state index contributed by atoms with van der Waals surface area (Å²) in [7, 11) is 3.16. The second kappa shape index (κ2) is 4.91. The molecule has 0 radical (unpaired) electrons. The van der Waals surface area contributed by atoms with Gasteiger partial charge in [-0.2, -0.15) is 0 Å². The van der Waals surface area contributed by atoms with E-state index in [1.54, 1.807) is 27.2 Å². The van der Waals surface area contributed by atoms with Crippen LogP contribution in [0.25, 0.3) is 11.3 Å². The van der Waals surface area contributed by atoms with Crippen LogP contribution in [0.4, 0.5) is 0 Å². The number of nitrogens with zero attached hydrogens (tertiary/aromatic N) is 1. The SMILES string of the molecule is COc1cc(OC)cc(-c2cc(=O)[nH]c(C)n2)c1. The number of nitrogens with one attached hydrogen (secondary N) is 1. The topological polar surface area (TPSA) is 64.2 Å². The van der Waals surface area contributed by atoms with Crippen molar-refractivity contribution >= 4 is 0 Å². The average molecular weight is 246 g/mol. The zero-order valence-corrected chi connectivity index (χ0v) is 10.5. The maximum Gasteiger partial charge on any atom is 0.251 e. The molecule has 5 nitrogen and oxygen atoms in total. The number of hydrogen-bond acceptors (Lipinski definition) is 4. The number of aromatic amines is 1. The minimum Gasteiger partial charge on any atom is -0.497 e. The number of aromatic nitrogens is 2. The van der Waals surface area contributed by atoms with Crippen LogP contribution in [0.1, 0.15) is 5.82 Å². The van der Waals surface area contributed by atoms with Crippen LogP contribution in [-0.4, -0.2) is 24.2 Å². The van der Waals surface area contributed by atoms with Gasteiger partial charge < -0.3 is 14.5 Å². The number of aryl methyl sites for hydroxylation is 1. The molecule has 0 amide bonds. The smallest absolute Gasteiger partial charge is 0.251 e. The lowest BCUT2D eigenvalue weighted by Crippen LogP contribution is -2.08. The lowest BCUT2D eigenvalue weighted by Gasteiger charge is -2.08. The lowest BCUT2D eigenvalue weighted by atomic mass is 10.1. The van der Waals surface area contributed by atoms with Crippen LogP contribution in [0.3, 0.4) is 0 Å². The zero-order chi connectivity index (χ0) is 13.1. The third-order valence-corrected chi connectivity index (χ3v) is 2.51. The van der Waals surface area contributed by atoms with E-state index in [1.165, 1.54) is 6.07 Å². The van der Waals surface area contributed by atoms with Crippen molar-refractivity contribution in [2.45, 2.75) is 6.92 Å². The Bertz CT molecular complexity index is 598. The minimum atomic E-state index is -0.181. The van der Waals surface area contributed by atoms with Crippen molar-refractivity contribution in [3.63, 3.8) is 0 Å². The van der Waals surface area contributed by atoms with Gasteiger partial charge in [-0.1, -0.05) is 0 Å². The molecule has 2 aromatic rings. The van der Waals surface area contributed by atoms with Gasteiger partial charge in [0.25, 0.3) is 5.56 Å². The molecule has 2 rings (SSSR count). The molecule has 1 heterocycles. The van der Waals surface area contributed by atoms with E-state index >= 15 is 0 Å². The van der Waals surface area contributed by atoms with E-state index in [2.05, 4.69) is 9.97 Å². The summed E-state index contributed by atoms with van der Waals surface area (Å²) in [6, 6.07) is 6.83. The Morgan fingerprint density at radius 1 is 1.06 bits per heavy atom. The van der Waals surface area contributed by atoms with E-state index in [0.717, 1.165) is 5.56 Å². The van der Waals surface area contributed by atoms with Crippen LogP contribution >= 0.6 is 0 Å². The molecule has 94 valence electrons. The molecule has 0 saturated heterocycles. The maximum absolute atomic E-state index is 11.4. The third kappa shape index (κ3) is 2.51. The van der Waals surface area contributed by atoms with Crippen molar-refractivity contribution in [3.05, 3.63) is 40.4 Å². The Labute approximate surface area is 104 Å². The van der Waals surface area contributed by atoms with Crippen molar-refractivity contribution in [2.24, 2.45) is 0 Å². The van der Waals surface area contributed by atoms with Crippen molar-refractivity contribution in [2.75, 3.05) is 14.2 Å². The van der Waals surface area contributed by atoms with Gasteiger partial charge >= 0.3 is 0 Å². The number of H-pyrrole nitrogens is 1. The van der Waals surface area contributed by atoms with Crippen molar-refractivity contribution in [1.29, 1.82) is 0 Å². The standard InChI is InChI=1S/C13H14N2O3/c1-8-14-12(7-13(16)15-8)9-4-10(17-2)6-11(5-9)18-3/h4-7H,1-3H3,(H,14,15,16). The second-order valence-electron chi connectivity index (χ2n) is 3.82. The van der Waals surface area contributed by atoms with Crippen LogP contribution < -0.4 is 15.0 Å². The number of hydrogen-bond donors (Lipinski definition) is 1. The monoisotopic (exact) mass is 246 g/mol. The number of ether oxygens (including phenoxy) is 2. The molecule has 18 heavy (non-hydrogen) atoms. The Morgan fingerprint density at radius 3 is 2.17 bits per heavy atom. The number of rotatable bonds is 3. The second-order valence-corrected chi connectivity index (χ2v) is 3.82. The van der Waals surface area contributed by atoms with E-state index in [1.807, 2.05) is 12.1 Å². The molecule has 1 aromatic heterocycles. The fourth-order valence-corrected chi connectivity index (χ4v) is 1.68. The minimum absolute atomic E-state index is 0.181. The fraction of sp³-hybridized carbons (Fsp3) is 0.231. The third-order valence-electron chi connectivity index (χ3n) is 2.51. The Kier molecular flexibility index (Phi) is 3.32. The zero-order valence-electron chi connectivity index (χ0n) is 10.5. The molecule has 0 aliphatic rings. The lowest BCUT2D eigenvalue weighted by molar-refractivity contribution is 0.394. The Hall–Kier alpha value is -2.30. The molecule has 0 aliphatic heterocycles. The quantitative estimate of drug-likeness (QED) is 0.896. The van der Waals surface area contributed by atoms with Gasteiger partial charge in [0.2, 0.25) is 0 Å². The summed E-state index contributed by atoms with van der Waals surface area (Å²) in [5.41, 5.74) is 1.19. The highest BCUT2D eigenvalue weighted by Gasteiger charge is 2.06. The van der Waals surface area contributed by atoms with E-state index in [4.69, 9.17) is 9.47 Å². The Balaban J connectivity index is 2.58. The van der Waals surface area contributed by atoms with Crippen LogP contribution in [0.2, 0.25) is 0 Å². The number of benzene rings is 1. The molecule has 5 heteroatoms. The van der Waals surface area contributed by atoms with Crippen LogP contribution in [-0.2, 0) is 0 Å². The predicted molar refractivity (Wildman–Crippen MR) is 68.1 cm³/mol. The molecule has 0 aliphatic carbocycles. The molecule has 0 saturated carbocycles. The molecular formula is C13H14N2O3.